The van der Waals surface area contributed by atoms with Crippen molar-refractivity contribution >= 4 is 6.09 Å². The highest BCUT2D eigenvalue weighted by atomic mass is 16.6. The summed E-state index contributed by atoms with van der Waals surface area (Å²) in [6.45, 7) is 9.22. The summed E-state index contributed by atoms with van der Waals surface area (Å²) in [5.41, 5.74) is -1.06. The van der Waals surface area contributed by atoms with Crippen molar-refractivity contribution in [1.29, 1.82) is 0 Å². The Morgan fingerprint density at radius 1 is 1.27 bits per heavy atom. The summed E-state index contributed by atoms with van der Waals surface area (Å²) in [6.07, 6.45) is 0.888. The van der Waals surface area contributed by atoms with Crippen LogP contribution in [0.3, 0.4) is 0 Å². The number of nitrogens with one attached hydrogen (secondary N) is 1. The summed E-state index contributed by atoms with van der Waals surface area (Å²) in [5, 5.41) is 12.0. The first-order valence-corrected chi connectivity index (χ1v) is 5.40. The Morgan fingerprint density at radius 2 is 1.73 bits per heavy atom. The minimum absolute atomic E-state index is 0.0702. The SMILES string of the molecule is CCC(CC)(CO)NC(=O)OC(C)(C)C. The van der Waals surface area contributed by atoms with Gasteiger partial charge in [0, 0.05) is 0 Å². The third kappa shape index (κ3) is 5.02. The maximum Gasteiger partial charge on any atom is 0.408 e. The molecule has 0 unspecified atom stereocenters. The molecule has 0 radical (unpaired) electrons. The van der Waals surface area contributed by atoms with Crippen LogP contribution in [0.1, 0.15) is 47.5 Å². The summed E-state index contributed by atoms with van der Waals surface area (Å²) in [4.78, 5) is 11.5. The fourth-order valence-electron chi connectivity index (χ4n) is 1.21. The average Bonchev–Trinajstić information content (AvgIpc) is 2.11. The van der Waals surface area contributed by atoms with Gasteiger partial charge in [-0.05, 0) is 33.6 Å². The van der Waals surface area contributed by atoms with Gasteiger partial charge in [0.1, 0.15) is 5.60 Å². The van der Waals surface area contributed by atoms with Gasteiger partial charge in [-0.25, -0.2) is 4.79 Å². The van der Waals surface area contributed by atoms with E-state index in [1.807, 2.05) is 34.6 Å². The summed E-state index contributed by atoms with van der Waals surface area (Å²) < 4.78 is 5.14. The molecule has 1 amide bonds. The van der Waals surface area contributed by atoms with E-state index in [2.05, 4.69) is 5.32 Å². The Morgan fingerprint density at radius 3 is 2.00 bits per heavy atom. The van der Waals surface area contributed by atoms with Gasteiger partial charge in [-0.15, -0.1) is 0 Å². The Labute approximate surface area is 92.0 Å². The smallest absolute Gasteiger partial charge is 0.408 e. The van der Waals surface area contributed by atoms with E-state index in [4.69, 9.17) is 4.74 Å². The molecule has 4 heteroatoms. The van der Waals surface area contributed by atoms with Crippen molar-refractivity contribution in [3.05, 3.63) is 0 Å². The van der Waals surface area contributed by atoms with E-state index in [-0.39, 0.29) is 6.61 Å². The van der Waals surface area contributed by atoms with Gasteiger partial charge < -0.3 is 15.2 Å². The Hall–Kier alpha value is -0.770. The van der Waals surface area contributed by atoms with Crippen LogP contribution < -0.4 is 5.32 Å². The van der Waals surface area contributed by atoms with Crippen LogP contribution in [0.25, 0.3) is 0 Å². The predicted molar refractivity (Wildman–Crippen MR) is 59.8 cm³/mol. The minimum Gasteiger partial charge on any atom is -0.444 e. The standard InChI is InChI=1S/C11H23NO3/c1-6-11(7-2,8-13)12-9(14)15-10(3,4)5/h13H,6-8H2,1-5H3,(H,12,14). The maximum atomic E-state index is 11.5. The Bertz CT molecular complexity index is 196. The number of carbonyl (C=O) groups excluding carboxylic acids is 1. The van der Waals surface area contributed by atoms with Crippen molar-refractivity contribution in [2.24, 2.45) is 0 Å². The van der Waals surface area contributed by atoms with E-state index in [1.54, 1.807) is 0 Å². The molecule has 0 aliphatic rings. The lowest BCUT2D eigenvalue weighted by molar-refractivity contribution is 0.0386. The molecule has 90 valence electrons. The van der Waals surface area contributed by atoms with Crippen LogP contribution in [0.5, 0.6) is 0 Å². The van der Waals surface area contributed by atoms with Crippen molar-refractivity contribution in [1.82, 2.24) is 5.32 Å². The molecular weight excluding hydrogens is 194 g/mol. The first-order valence-electron chi connectivity index (χ1n) is 5.40. The molecule has 2 N–H and O–H groups in total. The molecule has 0 atom stereocenters. The van der Waals surface area contributed by atoms with Gasteiger partial charge in [-0.2, -0.15) is 0 Å². The molecule has 0 aromatic carbocycles. The first kappa shape index (κ1) is 14.2. The minimum atomic E-state index is -0.553. The topological polar surface area (TPSA) is 58.6 Å². The Balaban J connectivity index is 4.36. The van der Waals surface area contributed by atoms with E-state index < -0.39 is 17.2 Å². The van der Waals surface area contributed by atoms with Gasteiger partial charge in [0.15, 0.2) is 0 Å². The van der Waals surface area contributed by atoms with Crippen molar-refractivity contribution in [3.8, 4) is 0 Å². The van der Waals surface area contributed by atoms with Gasteiger partial charge in [0.2, 0.25) is 0 Å². The Kier molecular flexibility index (Phi) is 5.08. The van der Waals surface area contributed by atoms with Crippen molar-refractivity contribution < 1.29 is 14.6 Å². The summed E-state index contributed by atoms with van der Waals surface area (Å²) >= 11 is 0. The number of amides is 1. The fraction of sp³-hybridized carbons (Fsp3) is 0.909. The zero-order valence-corrected chi connectivity index (χ0v) is 10.4. The van der Waals surface area contributed by atoms with Crippen LogP contribution in [0.4, 0.5) is 4.79 Å². The molecule has 0 fully saturated rings. The molecule has 0 aromatic heterocycles. The van der Waals surface area contributed by atoms with Crippen molar-refractivity contribution in [2.75, 3.05) is 6.61 Å². The second kappa shape index (κ2) is 5.35. The number of ether oxygens (including phenoxy) is 1. The van der Waals surface area contributed by atoms with Crippen LogP contribution in [0.15, 0.2) is 0 Å². The molecule has 4 nitrogen and oxygen atoms in total. The number of aliphatic hydroxyl groups excluding tert-OH is 1. The molecule has 0 saturated carbocycles. The van der Waals surface area contributed by atoms with Gasteiger partial charge in [0.25, 0.3) is 0 Å². The molecule has 0 heterocycles. The number of aliphatic hydroxyl groups is 1. The normalized spacial score (nSPS) is 12.4. The summed E-state index contributed by atoms with van der Waals surface area (Å²) in [7, 11) is 0. The zero-order valence-electron chi connectivity index (χ0n) is 10.4. The third-order valence-corrected chi connectivity index (χ3v) is 2.42. The van der Waals surface area contributed by atoms with Crippen LogP contribution in [0, 0.1) is 0 Å². The largest absolute Gasteiger partial charge is 0.444 e. The third-order valence-electron chi connectivity index (χ3n) is 2.42. The second-order valence-electron chi connectivity index (χ2n) is 4.77. The quantitative estimate of drug-likeness (QED) is 0.757. The average molecular weight is 217 g/mol. The molecule has 0 saturated heterocycles. The van der Waals surface area contributed by atoms with E-state index in [0.717, 1.165) is 0 Å². The first-order chi connectivity index (χ1) is 6.78. The highest BCUT2D eigenvalue weighted by Crippen LogP contribution is 2.15. The number of alkyl carbamates (subject to hydrolysis) is 1. The van der Waals surface area contributed by atoms with E-state index >= 15 is 0 Å². The highest BCUT2D eigenvalue weighted by Gasteiger charge is 2.29. The molecule has 0 bridgehead atoms. The van der Waals surface area contributed by atoms with Crippen LogP contribution in [0.2, 0.25) is 0 Å². The number of carbonyl (C=O) groups is 1. The van der Waals surface area contributed by atoms with Gasteiger partial charge in [0.05, 0.1) is 12.1 Å². The lowest BCUT2D eigenvalue weighted by Crippen LogP contribution is -2.51. The lowest BCUT2D eigenvalue weighted by atomic mass is 9.94. The molecule has 15 heavy (non-hydrogen) atoms. The van der Waals surface area contributed by atoms with Gasteiger partial charge in [-0.3, -0.25) is 0 Å². The van der Waals surface area contributed by atoms with Gasteiger partial charge in [-0.1, -0.05) is 13.8 Å². The molecule has 0 aliphatic carbocycles. The molecule has 0 spiro atoms. The zero-order chi connectivity index (χ0) is 12.1. The second-order valence-corrected chi connectivity index (χ2v) is 4.77. The summed E-state index contributed by atoms with van der Waals surface area (Å²) in [6, 6.07) is 0. The molecule has 0 rings (SSSR count). The van der Waals surface area contributed by atoms with Crippen LogP contribution >= 0.6 is 0 Å². The molecular formula is C11H23NO3. The summed E-state index contributed by atoms with van der Waals surface area (Å²) in [5.74, 6) is 0. The lowest BCUT2D eigenvalue weighted by Gasteiger charge is -2.31. The van der Waals surface area contributed by atoms with Crippen LogP contribution in [-0.2, 0) is 4.74 Å². The van der Waals surface area contributed by atoms with Crippen molar-refractivity contribution in [2.45, 2.75) is 58.6 Å². The number of hydrogen-bond donors (Lipinski definition) is 2. The molecule has 0 aliphatic heterocycles. The van der Waals surface area contributed by atoms with E-state index in [1.165, 1.54) is 0 Å². The predicted octanol–water partition coefficient (Wildman–Crippen LogP) is 2.06. The monoisotopic (exact) mass is 217 g/mol. The number of rotatable bonds is 4. The highest BCUT2D eigenvalue weighted by molar-refractivity contribution is 5.68. The van der Waals surface area contributed by atoms with E-state index in [9.17, 15) is 9.90 Å². The maximum absolute atomic E-state index is 11.5. The fourth-order valence-corrected chi connectivity index (χ4v) is 1.21. The van der Waals surface area contributed by atoms with E-state index in [0.29, 0.717) is 12.8 Å². The van der Waals surface area contributed by atoms with Gasteiger partial charge >= 0.3 is 6.09 Å². The number of hydrogen-bond acceptors (Lipinski definition) is 3. The molecule has 0 aromatic rings. The van der Waals surface area contributed by atoms with Crippen molar-refractivity contribution in [3.63, 3.8) is 0 Å². The van der Waals surface area contributed by atoms with Crippen LogP contribution in [-0.4, -0.2) is 28.9 Å².